The topological polar surface area (TPSA) is 131 Å². The minimum atomic E-state index is -0.449. The number of aromatic nitrogens is 2. The van der Waals surface area contributed by atoms with E-state index in [9.17, 15) is 9.90 Å². The zero-order chi connectivity index (χ0) is 22.4. The maximum absolute atomic E-state index is 13.0. The van der Waals surface area contributed by atoms with E-state index >= 15 is 0 Å². The van der Waals surface area contributed by atoms with Crippen LogP contribution in [-0.2, 0) is 0 Å². The minimum absolute atomic E-state index is 0.00155. The van der Waals surface area contributed by atoms with Crippen LogP contribution in [0, 0.1) is 5.92 Å². The largest absolute Gasteiger partial charge is 0.451 e. The molecule has 0 spiro atoms. The zero-order valence-electron chi connectivity index (χ0n) is 18.0. The highest BCUT2D eigenvalue weighted by molar-refractivity contribution is 6.05. The van der Waals surface area contributed by atoms with Crippen molar-refractivity contribution in [2.45, 2.75) is 32.8 Å². The summed E-state index contributed by atoms with van der Waals surface area (Å²) in [6.07, 6.45) is 5.17. The standard InChI is InChI=1S/C23H25N5O4/c1-12-3-4-14(9-13(12)2)17-5-6-18(31-17)22(30)25-16-10-19-20(27-23(24)32-19)26-21(16)28-8-7-15(29)11-28/h3-6,10,13,15,29H,7-9,11H2,1-2H3,(H,25,30)(H2,24,26,27). The summed E-state index contributed by atoms with van der Waals surface area (Å²) in [4.78, 5) is 23.5. The van der Waals surface area contributed by atoms with Gasteiger partial charge in [-0.15, -0.1) is 0 Å². The van der Waals surface area contributed by atoms with E-state index in [0.717, 1.165) is 12.0 Å². The first-order valence-electron chi connectivity index (χ1n) is 10.7. The molecule has 0 radical (unpaired) electrons. The first-order valence-corrected chi connectivity index (χ1v) is 10.7. The SMILES string of the molecule is CC1=CC=C(c2ccc(C(=O)Nc3cc4oc(N)nc4nc3N3CCC(O)C3)o2)CC1C. The van der Waals surface area contributed by atoms with Crippen LogP contribution in [0.25, 0.3) is 16.8 Å². The molecule has 166 valence electrons. The number of amides is 1. The Morgan fingerprint density at radius 3 is 2.88 bits per heavy atom. The maximum atomic E-state index is 13.0. The van der Waals surface area contributed by atoms with E-state index in [0.29, 0.717) is 53.9 Å². The molecule has 2 atom stereocenters. The van der Waals surface area contributed by atoms with Gasteiger partial charge in [0, 0.05) is 19.2 Å². The highest BCUT2D eigenvalue weighted by Gasteiger charge is 2.26. The summed E-state index contributed by atoms with van der Waals surface area (Å²) in [6, 6.07) is 5.13. The highest BCUT2D eigenvalue weighted by atomic mass is 16.4. The molecule has 4 N–H and O–H groups in total. The predicted octanol–water partition coefficient (Wildman–Crippen LogP) is 3.59. The van der Waals surface area contributed by atoms with Crippen molar-refractivity contribution in [2.75, 3.05) is 29.0 Å². The van der Waals surface area contributed by atoms with Gasteiger partial charge in [0.1, 0.15) is 5.76 Å². The molecule has 2 aliphatic rings. The number of nitrogen functional groups attached to an aromatic ring is 1. The van der Waals surface area contributed by atoms with Gasteiger partial charge in [0.05, 0.1) is 11.8 Å². The number of anilines is 3. The van der Waals surface area contributed by atoms with Crippen LogP contribution >= 0.6 is 0 Å². The van der Waals surface area contributed by atoms with Crippen molar-refractivity contribution in [3.8, 4) is 0 Å². The third kappa shape index (κ3) is 3.75. The number of fused-ring (bicyclic) bond motifs is 1. The molecule has 1 aliphatic carbocycles. The molecule has 32 heavy (non-hydrogen) atoms. The predicted molar refractivity (Wildman–Crippen MR) is 121 cm³/mol. The van der Waals surface area contributed by atoms with Crippen molar-refractivity contribution in [1.29, 1.82) is 0 Å². The molecular weight excluding hydrogens is 410 g/mol. The van der Waals surface area contributed by atoms with Crippen molar-refractivity contribution in [2.24, 2.45) is 5.92 Å². The van der Waals surface area contributed by atoms with E-state index in [2.05, 4.69) is 35.2 Å². The number of rotatable bonds is 4. The number of aliphatic hydroxyl groups excluding tert-OH is 1. The van der Waals surface area contributed by atoms with E-state index in [4.69, 9.17) is 14.6 Å². The fraction of sp³-hybridized carbons (Fsp3) is 0.348. The van der Waals surface area contributed by atoms with Gasteiger partial charge in [-0.25, -0.2) is 4.98 Å². The average molecular weight is 435 g/mol. The molecule has 9 heteroatoms. The molecular formula is C23H25N5O4. The number of carbonyl (C=O) groups is 1. The van der Waals surface area contributed by atoms with Crippen molar-refractivity contribution >= 4 is 40.2 Å². The second kappa shape index (κ2) is 7.83. The first kappa shape index (κ1) is 20.3. The summed E-state index contributed by atoms with van der Waals surface area (Å²) < 4.78 is 11.3. The van der Waals surface area contributed by atoms with Gasteiger partial charge < -0.3 is 29.9 Å². The monoisotopic (exact) mass is 435 g/mol. The lowest BCUT2D eigenvalue weighted by Crippen LogP contribution is -2.24. The fourth-order valence-corrected chi connectivity index (χ4v) is 4.09. The molecule has 3 aromatic heterocycles. The number of hydrogen-bond donors (Lipinski definition) is 3. The fourth-order valence-electron chi connectivity index (χ4n) is 4.09. The Bertz CT molecular complexity index is 1250. The number of nitrogens with two attached hydrogens (primary N) is 1. The Morgan fingerprint density at radius 1 is 1.28 bits per heavy atom. The number of aliphatic hydroxyl groups is 1. The van der Waals surface area contributed by atoms with E-state index < -0.39 is 12.0 Å². The van der Waals surface area contributed by atoms with Crippen molar-refractivity contribution in [1.82, 2.24) is 9.97 Å². The summed E-state index contributed by atoms with van der Waals surface area (Å²) >= 11 is 0. The average Bonchev–Trinajstić information content (AvgIpc) is 3.48. The molecule has 9 nitrogen and oxygen atoms in total. The Labute approximate surface area is 184 Å². The second-order valence-electron chi connectivity index (χ2n) is 8.45. The highest BCUT2D eigenvalue weighted by Crippen LogP contribution is 2.33. The number of oxazole rings is 1. The molecule has 1 fully saturated rings. The molecule has 2 unspecified atom stereocenters. The van der Waals surface area contributed by atoms with Crippen LogP contribution in [0.5, 0.6) is 0 Å². The van der Waals surface area contributed by atoms with Crippen LogP contribution in [0.3, 0.4) is 0 Å². The quantitative estimate of drug-likeness (QED) is 0.567. The first-order chi connectivity index (χ1) is 15.4. The van der Waals surface area contributed by atoms with E-state index in [1.807, 2.05) is 17.0 Å². The Balaban J connectivity index is 1.43. The van der Waals surface area contributed by atoms with Gasteiger partial charge in [-0.3, -0.25) is 4.79 Å². The summed E-state index contributed by atoms with van der Waals surface area (Å²) in [7, 11) is 0. The molecule has 1 saturated heterocycles. The Morgan fingerprint density at radius 2 is 2.12 bits per heavy atom. The normalized spacial score (nSPS) is 21.0. The molecule has 5 rings (SSSR count). The van der Waals surface area contributed by atoms with Gasteiger partial charge >= 0.3 is 0 Å². The number of hydrogen-bond acceptors (Lipinski definition) is 8. The van der Waals surface area contributed by atoms with Gasteiger partial charge in [0.15, 0.2) is 17.2 Å². The Hall–Kier alpha value is -3.59. The third-order valence-electron chi connectivity index (χ3n) is 6.09. The van der Waals surface area contributed by atoms with Gasteiger partial charge in [-0.1, -0.05) is 24.6 Å². The van der Waals surface area contributed by atoms with Crippen molar-refractivity contribution in [3.05, 3.63) is 47.4 Å². The lowest BCUT2D eigenvalue weighted by Gasteiger charge is -2.20. The molecule has 0 bridgehead atoms. The maximum Gasteiger partial charge on any atom is 0.294 e. The van der Waals surface area contributed by atoms with Crippen molar-refractivity contribution in [3.63, 3.8) is 0 Å². The number of nitrogens with zero attached hydrogens (tertiary/aromatic N) is 3. The van der Waals surface area contributed by atoms with Crippen LogP contribution in [0.2, 0.25) is 0 Å². The van der Waals surface area contributed by atoms with Crippen LogP contribution in [0.15, 0.2) is 44.8 Å². The molecule has 3 aromatic rings. The number of allylic oxidation sites excluding steroid dienone is 4. The molecule has 0 aromatic carbocycles. The summed E-state index contributed by atoms with van der Waals surface area (Å²) in [5.41, 5.74) is 9.21. The number of pyridine rings is 1. The van der Waals surface area contributed by atoms with E-state index in [1.165, 1.54) is 5.57 Å². The van der Waals surface area contributed by atoms with Crippen LogP contribution in [-0.4, -0.2) is 40.2 Å². The van der Waals surface area contributed by atoms with Gasteiger partial charge in [-0.05, 0) is 43.4 Å². The number of carbonyl (C=O) groups excluding carboxylic acids is 1. The summed E-state index contributed by atoms with van der Waals surface area (Å²) in [6.45, 7) is 5.31. The third-order valence-corrected chi connectivity index (χ3v) is 6.09. The summed E-state index contributed by atoms with van der Waals surface area (Å²) in [5.74, 6) is 1.42. The molecule has 4 heterocycles. The lowest BCUT2D eigenvalue weighted by atomic mass is 9.88. The zero-order valence-corrected chi connectivity index (χ0v) is 18.0. The smallest absolute Gasteiger partial charge is 0.294 e. The minimum Gasteiger partial charge on any atom is -0.451 e. The lowest BCUT2D eigenvalue weighted by molar-refractivity contribution is 0.0996. The van der Waals surface area contributed by atoms with Crippen LogP contribution in [0.1, 0.15) is 43.0 Å². The van der Waals surface area contributed by atoms with Crippen molar-refractivity contribution < 1.29 is 18.7 Å². The number of β-amino-alcohol motifs (C(OH)–C–C–N with tert-alkyl or cyclic N) is 1. The Kier molecular flexibility index (Phi) is 4.97. The molecule has 0 saturated carbocycles. The van der Waals surface area contributed by atoms with E-state index in [-0.39, 0.29) is 11.8 Å². The van der Waals surface area contributed by atoms with Crippen LogP contribution < -0.4 is 16.0 Å². The van der Waals surface area contributed by atoms with E-state index in [1.54, 1.807) is 12.1 Å². The molecule has 1 amide bonds. The number of furan rings is 1. The van der Waals surface area contributed by atoms with Gasteiger partial charge in [0.2, 0.25) is 5.65 Å². The van der Waals surface area contributed by atoms with Gasteiger partial charge in [0.25, 0.3) is 11.9 Å². The molecule has 1 aliphatic heterocycles. The van der Waals surface area contributed by atoms with Gasteiger partial charge in [-0.2, -0.15) is 4.98 Å². The number of nitrogens with one attached hydrogen (secondary N) is 1. The second-order valence-corrected chi connectivity index (χ2v) is 8.45. The van der Waals surface area contributed by atoms with Crippen LogP contribution in [0.4, 0.5) is 17.5 Å². The summed E-state index contributed by atoms with van der Waals surface area (Å²) in [5, 5.41) is 12.8.